The quantitative estimate of drug-likeness (QED) is 0.865. The van der Waals surface area contributed by atoms with Gasteiger partial charge in [-0.2, -0.15) is 0 Å². The van der Waals surface area contributed by atoms with Crippen LogP contribution in [0.3, 0.4) is 0 Å². The molecule has 1 rings (SSSR count). The van der Waals surface area contributed by atoms with Crippen molar-refractivity contribution in [2.45, 2.75) is 53.1 Å². The van der Waals surface area contributed by atoms with Crippen molar-refractivity contribution in [1.29, 1.82) is 0 Å². The molecule has 1 atom stereocenters. The summed E-state index contributed by atoms with van der Waals surface area (Å²) >= 11 is 3.61. The Morgan fingerprint density at radius 2 is 1.85 bits per heavy atom. The Morgan fingerprint density at radius 1 is 1.25 bits per heavy atom. The van der Waals surface area contributed by atoms with Gasteiger partial charge in [-0.05, 0) is 28.8 Å². The van der Waals surface area contributed by atoms with Crippen molar-refractivity contribution in [1.82, 2.24) is 9.97 Å². The maximum atomic E-state index is 5.83. The molecular formula is C15H26BrN3O. The van der Waals surface area contributed by atoms with Crippen LogP contribution >= 0.6 is 15.9 Å². The normalized spacial score (nSPS) is 13.7. The molecule has 114 valence electrons. The largest absolute Gasteiger partial charge is 0.372 e. The molecule has 1 aromatic rings. The number of nitrogens with zero attached hydrogens (tertiary/aromatic N) is 2. The highest BCUT2D eigenvalue weighted by atomic mass is 79.9. The zero-order valence-corrected chi connectivity index (χ0v) is 15.1. The third-order valence-electron chi connectivity index (χ3n) is 3.02. The summed E-state index contributed by atoms with van der Waals surface area (Å²) in [4.78, 5) is 9.38. The minimum Gasteiger partial charge on any atom is -0.372 e. The summed E-state index contributed by atoms with van der Waals surface area (Å²) in [5.74, 6) is 1.89. The summed E-state index contributed by atoms with van der Waals surface area (Å²) < 4.78 is 6.75. The van der Waals surface area contributed by atoms with Crippen molar-refractivity contribution >= 4 is 21.7 Å². The molecule has 0 aliphatic rings. The number of hydrogen-bond acceptors (Lipinski definition) is 4. The van der Waals surface area contributed by atoms with E-state index in [1.165, 1.54) is 0 Å². The van der Waals surface area contributed by atoms with Crippen molar-refractivity contribution < 1.29 is 4.74 Å². The fraction of sp³-hybridized carbons (Fsp3) is 0.733. The number of anilines is 1. The van der Waals surface area contributed by atoms with E-state index in [1.807, 2.05) is 14.0 Å². The summed E-state index contributed by atoms with van der Waals surface area (Å²) in [6.07, 6.45) is -0.0821. The molecule has 1 aromatic heterocycles. The average molecular weight is 344 g/mol. The van der Waals surface area contributed by atoms with Crippen molar-refractivity contribution in [3.05, 3.63) is 16.0 Å². The molecule has 0 amide bonds. The van der Waals surface area contributed by atoms with Gasteiger partial charge in [0.05, 0.1) is 10.2 Å². The first-order chi connectivity index (χ1) is 9.22. The fourth-order valence-corrected chi connectivity index (χ4v) is 2.97. The van der Waals surface area contributed by atoms with E-state index in [1.54, 1.807) is 0 Å². The Bertz CT molecular complexity index is 455. The zero-order valence-electron chi connectivity index (χ0n) is 13.5. The Hall–Kier alpha value is -0.680. The lowest BCUT2D eigenvalue weighted by Gasteiger charge is -2.25. The first kappa shape index (κ1) is 17.4. The lowest BCUT2D eigenvalue weighted by molar-refractivity contribution is 0.0230. The predicted octanol–water partition coefficient (Wildman–Crippen LogP) is 4.31. The smallest absolute Gasteiger partial charge is 0.160 e. The van der Waals surface area contributed by atoms with Crippen molar-refractivity contribution in [3.63, 3.8) is 0 Å². The number of nitrogens with one attached hydrogen (secondary N) is 1. The average Bonchev–Trinajstić information content (AvgIpc) is 2.34. The van der Waals surface area contributed by atoms with Gasteiger partial charge in [0.2, 0.25) is 0 Å². The molecule has 0 spiro atoms. The van der Waals surface area contributed by atoms with Gasteiger partial charge in [-0.1, -0.05) is 34.6 Å². The maximum absolute atomic E-state index is 5.83. The SMILES string of the molecule is CCOC(c1nc(NC)c(Br)c(C(C)(C)C)n1)C(C)C. The second-order valence-corrected chi connectivity index (χ2v) is 7.01. The summed E-state index contributed by atoms with van der Waals surface area (Å²) in [5.41, 5.74) is 0.938. The van der Waals surface area contributed by atoms with E-state index in [0.717, 1.165) is 21.8 Å². The number of ether oxygens (including phenoxy) is 1. The lowest BCUT2D eigenvalue weighted by Crippen LogP contribution is -2.21. The minimum absolute atomic E-state index is 0.0597. The lowest BCUT2D eigenvalue weighted by atomic mass is 9.91. The summed E-state index contributed by atoms with van der Waals surface area (Å²) in [7, 11) is 1.87. The van der Waals surface area contributed by atoms with Gasteiger partial charge < -0.3 is 10.1 Å². The second-order valence-electron chi connectivity index (χ2n) is 6.21. The highest BCUT2D eigenvalue weighted by Gasteiger charge is 2.27. The van der Waals surface area contributed by atoms with E-state index in [0.29, 0.717) is 12.5 Å². The topological polar surface area (TPSA) is 47.0 Å². The van der Waals surface area contributed by atoms with Crippen LogP contribution in [0.4, 0.5) is 5.82 Å². The molecule has 0 bridgehead atoms. The van der Waals surface area contributed by atoms with E-state index in [4.69, 9.17) is 9.72 Å². The fourth-order valence-electron chi connectivity index (χ4n) is 2.00. The number of rotatable bonds is 5. The van der Waals surface area contributed by atoms with Crippen LogP contribution in [-0.4, -0.2) is 23.6 Å². The Kier molecular flexibility index (Phi) is 5.95. The highest BCUT2D eigenvalue weighted by Crippen LogP contribution is 2.34. The predicted molar refractivity (Wildman–Crippen MR) is 87.2 cm³/mol. The third-order valence-corrected chi connectivity index (χ3v) is 3.77. The van der Waals surface area contributed by atoms with E-state index in [9.17, 15) is 0 Å². The number of aromatic nitrogens is 2. The molecule has 0 radical (unpaired) electrons. The molecule has 0 aromatic carbocycles. The van der Waals surface area contributed by atoms with Crippen LogP contribution in [0.2, 0.25) is 0 Å². The first-order valence-corrected chi connectivity index (χ1v) is 7.88. The van der Waals surface area contributed by atoms with Crippen molar-refractivity contribution in [2.75, 3.05) is 19.0 Å². The standard InChI is InChI=1S/C15H26BrN3O/c1-8-20-11(9(2)3)14-18-12(15(4,5)6)10(16)13(17-7)19-14/h9,11H,8H2,1-7H3,(H,17,18,19). The Balaban J connectivity index is 3.40. The summed E-state index contributed by atoms with van der Waals surface area (Å²) in [6.45, 7) is 13.3. The monoisotopic (exact) mass is 343 g/mol. The van der Waals surface area contributed by atoms with Gasteiger partial charge in [0.1, 0.15) is 11.9 Å². The van der Waals surface area contributed by atoms with E-state index >= 15 is 0 Å². The van der Waals surface area contributed by atoms with Gasteiger partial charge in [-0.3, -0.25) is 0 Å². The van der Waals surface area contributed by atoms with Gasteiger partial charge in [-0.25, -0.2) is 9.97 Å². The van der Waals surface area contributed by atoms with Gasteiger partial charge in [0.15, 0.2) is 5.82 Å². The van der Waals surface area contributed by atoms with Crippen LogP contribution in [0, 0.1) is 5.92 Å². The molecule has 5 heteroatoms. The van der Waals surface area contributed by atoms with E-state index in [2.05, 4.69) is 60.8 Å². The molecule has 0 aliphatic heterocycles. The van der Waals surface area contributed by atoms with Gasteiger partial charge in [0.25, 0.3) is 0 Å². The third kappa shape index (κ3) is 3.92. The molecule has 0 saturated heterocycles. The maximum Gasteiger partial charge on any atom is 0.160 e. The molecule has 1 N–H and O–H groups in total. The minimum atomic E-state index is -0.0821. The van der Waals surface area contributed by atoms with Crippen LogP contribution in [0.5, 0.6) is 0 Å². The van der Waals surface area contributed by atoms with Gasteiger partial charge in [0, 0.05) is 19.1 Å². The molecule has 1 heterocycles. The molecule has 0 saturated carbocycles. The number of hydrogen-bond donors (Lipinski definition) is 1. The molecule has 0 aliphatic carbocycles. The summed E-state index contributed by atoms with van der Waals surface area (Å²) in [5, 5.41) is 3.13. The molecular weight excluding hydrogens is 318 g/mol. The van der Waals surface area contributed by atoms with Crippen LogP contribution < -0.4 is 5.32 Å². The van der Waals surface area contributed by atoms with Crippen molar-refractivity contribution in [3.8, 4) is 0 Å². The zero-order chi connectivity index (χ0) is 15.5. The highest BCUT2D eigenvalue weighted by molar-refractivity contribution is 9.10. The Morgan fingerprint density at radius 3 is 2.25 bits per heavy atom. The molecule has 20 heavy (non-hydrogen) atoms. The molecule has 4 nitrogen and oxygen atoms in total. The Labute approximate surface area is 130 Å². The molecule has 0 fully saturated rings. The molecule has 1 unspecified atom stereocenters. The number of halogens is 1. The van der Waals surface area contributed by atoms with Crippen LogP contribution in [0.1, 0.15) is 59.2 Å². The van der Waals surface area contributed by atoms with Crippen LogP contribution in [0.15, 0.2) is 4.47 Å². The second kappa shape index (κ2) is 6.85. The van der Waals surface area contributed by atoms with Crippen molar-refractivity contribution in [2.24, 2.45) is 5.92 Å². The van der Waals surface area contributed by atoms with Gasteiger partial charge in [-0.15, -0.1) is 0 Å². The van der Waals surface area contributed by atoms with Gasteiger partial charge >= 0.3 is 0 Å². The van der Waals surface area contributed by atoms with Crippen LogP contribution in [0.25, 0.3) is 0 Å². The van der Waals surface area contributed by atoms with E-state index in [-0.39, 0.29) is 11.5 Å². The first-order valence-electron chi connectivity index (χ1n) is 7.09. The van der Waals surface area contributed by atoms with Crippen LogP contribution in [-0.2, 0) is 10.2 Å². The summed E-state index contributed by atoms with van der Waals surface area (Å²) in [6, 6.07) is 0. The van der Waals surface area contributed by atoms with E-state index < -0.39 is 0 Å².